The van der Waals surface area contributed by atoms with E-state index in [1.54, 1.807) is 0 Å². The number of amides is 1. The molecule has 122 valence electrons. The van der Waals surface area contributed by atoms with Gasteiger partial charge in [-0.3, -0.25) is 4.79 Å². The first kappa shape index (κ1) is 17.1. The Morgan fingerprint density at radius 2 is 1.74 bits per heavy atom. The smallest absolute Gasteiger partial charge is 0.265 e. The number of hydrogen-bond acceptors (Lipinski definition) is 2. The summed E-state index contributed by atoms with van der Waals surface area (Å²) >= 11 is 0. The molecule has 1 N–H and O–H groups in total. The van der Waals surface area contributed by atoms with Gasteiger partial charge in [0.25, 0.3) is 5.91 Å². The molecule has 0 saturated heterocycles. The number of hydrogen-bond donors (Lipinski definition) is 1. The largest absolute Gasteiger partial charge is 0.481 e. The molecule has 0 saturated carbocycles. The first-order valence-corrected chi connectivity index (χ1v) is 8.02. The summed E-state index contributed by atoms with van der Waals surface area (Å²) in [4.78, 5) is 12.5. The second kappa shape index (κ2) is 7.32. The average Bonchev–Trinajstić information content (AvgIpc) is 2.51. The Balaban J connectivity index is 2.10. The molecule has 23 heavy (non-hydrogen) atoms. The molecule has 3 heteroatoms. The van der Waals surface area contributed by atoms with Crippen LogP contribution in [0, 0.1) is 27.7 Å². The lowest BCUT2D eigenvalue weighted by Crippen LogP contribution is -2.32. The molecule has 2 rings (SSSR count). The molecule has 3 nitrogen and oxygen atoms in total. The summed E-state index contributed by atoms with van der Waals surface area (Å²) in [7, 11) is 0. The number of benzene rings is 2. The molecular formula is C20H25NO2. The standard InChI is InChI=1S/C20H25NO2/c1-6-19(23-17-9-8-14(3)15(4)12-17)20(22)21-18-10-7-13(2)11-16(18)5/h7-12,19H,6H2,1-5H3,(H,21,22)/t19-/m0/s1. The zero-order valence-electron chi connectivity index (χ0n) is 14.6. The van der Waals surface area contributed by atoms with Gasteiger partial charge in [-0.15, -0.1) is 0 Å². The third-order valence-corrected chi connectivity index (χ3v) is 4.06. The fourth-order valence-corrected chi connectivity index (χ4v) is 2.44. The van der Waals surface area contributed by atoms with Gasteiger partial charge < -0.3 is 10.1 Å². The van der Waals surface area contributed by atoms with Gasteiger partial charge in [0.15, 0.2) is 6.10 Å². The van der Waals surface area contributed by atoms with Crippen molar-refractivity contribution in [3.63, 3.8) is 0 Å². The molecule has 0 bridgehead atoms. The maximum atomic E-state index is 12.5. The highest BCUT2D eigenvalue weighted by Gasteiger charge is 2.19. The van der Waals surface area contributed by atoms with Gasteiger partial charge in [0.2, 0.25) is 0 Å². The van der Waals surface area contributed by atoms with E-state index in [0.29, 0.717) is 6.42 Å². The van der Waals surface area contributed by atoms with E-state index in [1.807, 2.05) is 58.0 Å². The number of aryl methyl sites for hydroxylation is 4. The number of carbonyl (C=O) groups is 1. The molecule has 1 amide bonds. The molecule has 2 aromatic rings. The zero-order chi connectivity index (χ0) is 17.0. The second-order valence-corrected chi connectivity index (χ2v) is 6.07. The third-order valence-electron chi connectivity index (χ3n) is 4.06. The highest BCUT2D eigenvalue weighted by Crippen LogP contribution is 2.20. The van der Waals surface area contributed by atoms with Crippen LogP contribution in [-0.4, -0.2) is 12.0 Å². The van der Waals surface area contributed by atoms with Gasteiger partial charge in [-0.05, 0) is 69.0 Å². The Hall–Kier alpha value is -2.29. The fraction of sp³-hybridized carbons (Fsp3) is 0.350. The lowest BCUT2D eigenvalue weighted by molar-refractivity contribution is -0.122. The highest BCUT2D eigenvalue weighted by molar-refractivity contribution is 5.95. The van der Waals surface area contributed by atoms with Crippen LogP contribution in [0.1, 0.15) is 35.6 Å². The van der Waals surface area contributed by atoms with Gasteiger partial charge in [-0.25, -0.2) is 0 Å². The predicted molar refractivity (Wildman–Crippen MR) is 95.2 cm³/mol. The summed E-state index contributed by atoms with van der Waals surface area (Å²) in [5, 5.41) is 2.97. The van der Waals surface area contributed by atoms with Crippen LogP contribution in [0.4, 0.5) is 5.69 Å². The summed E-state index contributed by atoms with van der Waals surface area (Å²) < 4.78 is 5.89. The predicted octanol–water partition coefficient (Wildman–Crippen LogP) is 4.72. The van der Waals surface area contributed by atoms with E-state index < -0.39 is 6.10 Å². The van der Waals surface area contributed by atoms with Gasteiger partial charge in [0, 0.05) is 5.69 Å². The molecule has 0 aromatic heterocycles. The normalized spacial score (nSPS) is 11.9. The minimum absolute atomic E-state index is 0.113. The number of ether oxygens (including phenoxy) is 1. The van der Waals surface area contributed by atoms with E-state index in [4.69, 9.17) is 4.74 Å². The Morgan fingerprint density at radius 3 is 2.35 bits per heavy atom. The lowest BCUT2D eigenvalue weighted by Gasteiger charge is -2.19. The summed E-state index contributed by atoms with van der Waals surface area (Å²) in [5.74, 6) is 0.619. The van der Waals surface area contributed by atoms with Crippen molar-refractivity contribution in [3.05, 3.63) is 58.7 Å². The van der Waals surface area contributed by atoms with Crippen molar-refractivity contribution in [2.75, 3.05) is 5.32 Å². The fourth-order valence-electron chi connectivity index (χ4n) is 2.44. The van der Waals surface area contributed by atoms with E-state index in [2.05, 4.69) is 18.3 Å². The molecule has 0 radical (unpaired) electrons. The first-order valence-electron chi connectivity index (χ1n) is 8.02. The van der Waals surface area contributed by atoms with Crippen molar-refractivity contribution in [3.8, 4) is 5.75 Å². The van der Waals surface area contributed by atoms with E-state index in [9.17, 15) is 4.79 Å². The van der Waals surface area contributed by atoms with Crippen LogP contribution in [0.5, 0.6) is 5.75 Å². The molecular weight excluding hydrogens is 286 g/mol. The monoisotopic (exact) mass is 311 g/mol. The van der Waals surface area contributed by atoms with Crippen LogP contribution < -0.4 is 10.1 Å². The van der Waals surface area contributed by atoms with Gasteiger partial charge >= 0.3 is 0 Å². The minimum Gasteiger partial charge on any atom is -0.481 e. The minimum atomic E-state index is -0.502. The molecule has 2 aromatic carbocycles. The first-order chi connectivity index (χ1) is 10.9. The van der Waals surface area contributed by atoms with Crippen molar-refractivity contribution in [1.82, 2.24) is 0 Å². The molecule has 1 atom stereocenters. The van der Waals surface area contributed by atoms with Crippen molar-refractivity contribution in [2.45, 2.75) is 47.1 Å². The molecule has 0 aliphatic carbocycles. The maximum absolute atomic E-state index is 12.5. The van der Waals surface area contributed by atoms with Crippen LogP contribution in [0.3, 0.4) is 0 Å². The molecule has 0 spiro atoms. The second-order valence-electron chi connectivity index (χ2n) is 6.07. The molecule has 0 aliphatic heterocycles. The number of rotatable bonds is 5. The molecule has 0 unspecified atom stereocenters. The van der Waals surface area contributed by atoms with E-state index >= 15 is 0 Å². The van der Waals surface area contributed by atoms with Crippen molar-refractivity contribution in [2.24, 2.45) is 0 Å². The van der Waals surface area contributed by atoms with Crippen LogP contribution >= 0.6 is 0 Å². The van der Waals surface area contributed by atoms with Gasteiger partial charge in [0.05, 0.1) is 0 Å². The SMILES string of the molecule is CC[C@H](Oc1ccc(C)c(C)c1)C(=O)Nc1ccc(C)cc1C. The molecule has 0 fully saturated rings. The highest BCUT2D eigenvalue weighted by atomic mass is 16.5. The number of anilines is 1. The topological polar surface area (TPSA) is 38.3 Å². The average molecular weight is 311 g/mol. The Morgan fingerprint density at radius 1 is 1.00 bits per heavy atom. The Bertz CT molecular complexity index is 707. The van der Waals surface area contributed by atoms with Gasteiger partial charge in [-0.1, -0.05) is 30.7 Å². The van der Waals surface area contributed by atoms with Crippen molar-refractivity contribution >= 4 is 11.6 Å². The lowest BCUT2D eigenvalue weighted by atomic mass is 10.1. The third kappa shape index (κ3) is 4.35. The maximum Gasteiger partial charge on any atom is 0.265 e. The Kier molecular flexibility index (Phi) is 5.43. The Labute approximate surface area is 138 Å². The molecule has 0 heterocycles. The van der Waals surface area contributed by atoms with Gasteiger partial charge in [-0.2, -0.15) is 0 Å². The van der Waals surface area contributed by atoms with Crippen LogP contribution in [-0.2, 0) is 4.79 Å². The summed E-state index contributed by atoms with van der Waals surface area (Å²) in [6.07, 6.45) is 0.113. The summed E-state index contributed by atoms with van der Waals surface area (Å²) in [5.41, 5.74) is 5.44. The van der Waals surface area contributed by atoms with Crippen molar-refractivity contribution < 1.29 is 9.53 Å². The molecule has 0 aliphatic rings. The summed E-state index contributed by atoms with van der Waals surface area (Å²) in [6, 6.07) is 11.9. The number of carbonyl (C=O) groups excluding carboxylic acids is 1. The van der Waals surface area contributed by atoms with Crippen molar-refractivity contribution in [1.29, 1.82) is 0 Å². The van der Waals surface area contributed by atoms with Gasteiger partial charge in [0.1, 0.15) is 5.75 Å². The van der Waals surface area contributed by atoms with E-state index in [1.165, 1.54) is 11.1 Å². The van der Waals surface area contributed by atoms with Crippen LogP contribution in [0.2, 0.25) is 0 Å². The number of nitrogens with one attached hydrogen (secondary N) is 1. The van der Waals surface area contributed by atoms with Crippen LogP contribution in [0.15, 0.2) is 36.4 Å². The quantitative estimate of drug-likeness (QED) is 0.868. The van der Waals surface area contributed by atoms with E-state index in [0.717, 1.165) is 22.6 Å². The zero-order valence-corrected chi connectivity index (χ0v) is 14.6. The van der Waals surface area contributed by atoms with Crippen LogP contribution in [0.25, 0.3) is 0 Å². The summed E-state index contributed by atoms with van der Waals surface area (Å²) in [6.45, 7) is 10.1. The van der Waals surface area contributed by atoms with E-state index in [-0.39, 0.29) is 5.91 Å².